The molecule has 174 valence electrons. The molecule has 4 N–H and O–H groups in total. The summed E-state index contributed by atoms with van der Waals surface area (Å²) in [5.74, 6) is 8.11. The van der Waals surface area contributed by atoms with Crippen LogP contribution in [-0.2, 0) is 6.54 Å². The molecule has 5 heteroatoms. The van der Waals surface area contributed by atoms with Crippen molar-refractivity contribution in [2.24, 2.45) is 17.1 Å². The molecule has 1 aromatic carbocycles. The average molecular weight is 428 g/mol. The van der Waals surface area contributed by atoms with Crippen molar-refractivity contribution in [1.29, 1.82) is 0 Å². The topological polar surface area (TPSA) is 73.1 Å². The predicted molar refractivity (Wildman–Crippen MR) is 134 cm³/mol. The number of rotatable bonds is 6. The number of imidazole rings is 1. The second-order valence-corrected chi connectivity index (χ2v) is 8.58. The van der Waals surface area contributed by atoms with Gasteiger partial charge in [-0.25, -0.2) is 9.66 Å². The summed E-state index contributed by atoms with van der Waals surface area (Å²) in [5.41, 5.74) is 8.12. The maximum absolute atomic E-state index is 6.41. The maximum atomic E-state index is 6.41. The Kier molecular flexibility index (Phi) is 9.42. The second kappa shape index (κ2) is 11.6. The fourth-order valence-electron chi connectivity index (χ4n) is 6.08. The summed E-state index contributed by atoms with van der Waals surface area (Å²) in [6, 6.07) is 8.74. The Labute approximate surface area is 189 Å². The largest absolute Gasteiger partial charge is 0.364 e. The van der Waals surface area contributed by atoms with Crippen LogP contribution in [0.25, 0.3) is 11.0 Å². The van der Waals surface area contributed by atoms with Gasteiger partial charge in [-0.15, -0.1) is 0 Å². The summed E-state index contributed by atoms with van der Waals surface area (Å²) in [6.07, 6.45) is 10.3. The molecule has 2 fully saturated rings. The molecule has 2 aliphatic rings. The molecule has 4 rings (SSSR count). The van der Waals surface area contributed by atoms with E-state index in [1.165, 1.54) is 64.1 Å². The van der Waals surface area contributed by atoms with Crippen molar-refractivity contribution < 1.29 is 0 Å². The minimum atomic E-state index is 0.278. The Morgan fingerprint density at radius 2 is 1.68 bits per heavy atom. The highest BCUT2D eigenvalue weighted by Crippen LogP contribution is 2.58. The Balaban J connectivity index is 0.000000807. The number of allylic oxidation sites excluding steroid dienone is 1. The van der Waals surface area contributed by atoms with Crippen molar-refractivity contribution in [3.05, 3.63) is 42.4 Å². The van der Waals surface area contributed by atoms with Gasteiger partial charge in [0.05, 0.1) is 17.6 Å². The van der Waals surface area contributed by atoms with E-state index in [0.717, 1.165) is 29.3 Å². The highest BCUT2D eigenvalue weighted by molar-refractivity contribution is 5.75. The molecular weight excluding hydrogens is 382 g/mol. The molecule has 5 nitrogen and oxygen atoms in total. The monoisotopic (exact) mass is 427 g/mol. The zero-order chi connectivity index (χ0) is 23.0. The van der Waals surface area contributed by atoms with Crippen LogP contribution in [-0.4, -0.2) is 27.6 Å². The van der Waals surface area contributed by atoms with E-state index in [1.807, 2.05) is 38.1 Å². The summed E-state index contributed by atoms with van der Waals surface area (Å²) in [6.45, 7) is 14.1. The number of aromatic nitrogens is 2. The van der Waals surface area contributed by atoms with Crippen molar-refractivity contribution in [3.8, 4) is 0 Å². The fourth-order valence-corrected chi connectivity index (χ4v) is 6.08. The van der Waals surface area contributed by atoms with Gasteiger partial charge in [-0.05, 0) is 50.8 Å². The smallest absolute Gasteiger partial charge is 0.147 e. The van der Waals surface area contributed by atoms with Gasteiger partial charge in [0.2, 0.25) is 0 Å². The van der Waals surface area contributed by atoms with Gasteiger partial charge in [-0.2, -0.15) is 0 Å². The van der Waals surface area contributed by atoms with Crippen molar-refractivity contribution in [3.63, 3.8) is 0 Å². The van der Waals surface area contributed by atoms with E-state index in [4.69, 9.17) is 10.8 Å². The number of nitrogens with zero attached hydrogens (tertiary/aromatic N) is 3. The molecule has 0 radical (unpaired) electrons. The van der Waals surface area contributed by atoms with E-state index in [-0.39, 0.29) is 5.41 Å². The van der Waals surface area contributed by atoms with E-state index < -0.39 is 0 Å². The quantitative estimate of drug-likeness (QED) is 0.569. The molecule has 0 amide bonds. The van der Waals surface area contributed by atoms with Crippen molar-refractivity contribution in [1.82, 2.24) is 14.6 Å². The van der Waals surface area contributed by atoms with Crippen LogP contribution in [0.1, 0.15) is 84.9 Å². The third-order valence-corrected chi connectivity index (χ3v) is 7.13. The van der Waals surface area contributed by atoms with Gasteiger partial charge in [0.25, 0.3) is 0 Å². The summed E-state index contributed by atoms with van der Waals surface area (Å²) in [4.78, 5) is 7.43. The van der Waals surface area contributed by atoms with E-state index in [0.29, 0.717) is 6.04 Å². The molecule has 1 aliphatic carbocycles. The van der Waals surface area contributed by atoms with E-state index in [2.05, 4.69) is 31.1 Å². The SMILES string of the molecule is C=C1N(Cc2nc3ccccc3n2N)C2CCCCC2C1(CCC)CCC.CC.CN. The third-order valence-electron chi connectivity index (χ3n) is 7.13. The van der Waals surface area contributed by atoms with Crippen LogP contribution in [0.3, 0.4) is 0 Å². The number of hydrogen-bond donors (Lipinski definition) is 2. The van der Waals surface area contributed by atoms with Crippen LogP contribution in [0.4, 0.5) is 0 Å². The van der Waals surface area contributed by atoms with E-state index in [1.54, 1.807) is 4.68 Å². The minimum absolute atomic E-state index is 0.278. The number of nitrogens with two attached hydrogens (primary N) is 2. The van der Waals surface area contributed by atoms with Crippen LogP contribution in [0, 0.1) is 11.3 Å². The lowest BCUT2D eigenvalue weighted by Crippen LogP contribution is -2.36. The Morgan fingerprint density at radius 3 is 2.29 bits per heavy atom. The number of hydrogen-bond acceptors (Lipinski definition) is 4. The molecule has 2 aromatic rings. The first-order chi connectivity index (χ1) is 15.1. The van der Waals surface area contributed by atoms with Gasteiger partial charge in [-0.1, -0.05) is 72.1 Å². The third kappa shape index (κ3) is 4.62. The second-order valence-electron chi connectivity index (χ2n) is 8.58. The maximum Gasteiger partial charge on any atom is 0.147 e. The Morgan fingerprint density at radius 1 is 1.06 bits per heavy atom. The average Bonchev–Trinajstić information content (AvgIpc) is 3.25. The van der Waals surface area contributed by atoms with Crippen molar-refractivity contribution in [2.75, 3.05) is 12.9 Å². The number of para-hydroxylation sites is 2. The minimum Gasteiger partial charge on any atom is -0.364 e. The van der Waals surface area contributed by atoms with Crippen LogP contribution in [0.2, 0.25) is 0 Å². The summed E-state index contributed by atoms with van der Waals surface area (Å²) < 4.78 is 1.78. The molecule has 2 atom stereocenters. The molecular formula is C26H45N5. The zero-order valence-corrected chi connectivity index (χ0v) is 20.5. The van der Waals surface area contributed by atoms with Gasteiger partial charge in [0.15, 0.2) is 0 Å². The Bertz CT molecular complexity index is 818. The van der Waals surface area contributed by atoms with Gasteiger partial charge in [-0.3, -0.25) is 0 Å². The standard InChI is InChI=1S/C23H34N4.C2H6.CH5N/c1-4-14-23(15-5-2)17(3)26(20-12-8-6-10-18(20)23)16-22-25-19-11-7-9-13-21(19)27(22)24;2*1-2/h7,9,11,13,18,20H,3-6,8,10,12,14-16,24H2,1-2H3;1-2H3;2H2,1H3. The molecule has 1 saturated heterocycles. The first kappa shape index (κ1) is 25.3. The van der Waals surface area contributed by atoms with Crippen LogP contribution in [0.5, 0.6) is 0 Å². The summed E-state index contributed by atoms with van der Waals surface area (Å²) in [5, 5.41) is 0. The molecule has 31 heavy (non-hydrogen) atoms. The fraction of sp³-hybridized carbons (Fsp3) is 0.654. The first-order valence-electron chi connectivity index (χ1n) is 12.4. The molecule has 2 unspecified atom stereocenters. The Hall–Kier alpha value is -2.01. The molecule has 0 bridgehead atoms. The van der Waals surface area contributed by atoms with Crippen molar-refractivity contribution >= 4 is 11.0 Å². The highest BCUT2D eigenvalue weighted by Gasteiger charge is 2.54. The number of benzene rings is 1. The normalized spacial score (nSPS) is 21.7. The molecule has 0 spiro atoms. The molecule has 2 heterocycles. The first-order valence-corrected chi connectivity index (χ1v) is 12.4. The highest BCUT2D eigenvalue weighted by atomic mass is 15.4. The zero-order valence-electron chi connectivity index (χ0n) is 20.5. The van der Waals surface area contributed by atoms with E-state index >= 15 is 0 Å². The molecule has 1 saturated carbocycles. The molecule has 1 aliphatic heterocycles. The van der Waals surface area contributed by atoms with Crippen LogP contribution < -0.4 is 11.6 Å². The lowest BCUT2D eigenvalue weighted by Gasteiger charge is -2.38. The summed E-state index contributed by atoms with van der Waals surface area (Å²) >= 11 is 0. The van der Waals surface area contributed by atoms with Gasteiger partial charge in [0.1, 0.15) is 5.82 Å². The van der Waals surface area contributed by atoms with Gasteiger partial charge >= 0.3 is 0 Å². The number of nitrogen functional groups attached to an aromatic ring is 1. The number of fused-ring (bicyclic) bond motifs is 2. The molecule has 1 aromatic heterocycles. The predicted octanol–water partition coefficient (Wildman–Crippen LogP) is 5.83. The lowest BCUT2D eigenvalue weighted by atomic mass is 9.64. The summed E-state index contributed by atoms with van der Waals surface area (Å²) in [7, 11) is 1.50. The van der Waals surface area contributed by atoms with E-state index in [9.17, 15) is 0 Å². The van der Waals surface area contributed by atoms with Gasteiger partial charge < -0.3 is 16.5 Å². The number of likely N-dealkylation sites (tertiary alicyclic amines) is 1. The van der Waals surface area contributed by atoms with Gasteiger partial charge in [0, 0.05) is 17.2 Å². The van der Waals surface area contributed by atoms with Crippen LogP contribution >= 0.6 is 0 Å². The van der Waals surface area contributed by atoms with Crippen molar-refractivity contribution in [2.45, 2.75) is 91.6 Å². The lowest BCUT2D eigenvalue weighted by molar-refractivity contribution is 0.134. The van der Waals surface area contributed by atoms with Crippen LogP contribution in [0.15, 0.2) is 36.5 Å².